The quantitative estimate of drug-likeness (QED) is 0.655. The van der Waals surface area contributed by atoms with Crippen molar-refractivity contribution in [2.75, 3.05) is 6.61 Å². The average Bonchev–Trinajstić information content (AvgIpc) is 2.54. The van der Waals surface area contributed by atoms with Crippen LogP contribution in [0.5, 0.6) is 0 Å². The summed E-state index contributed by atoms with van der Waals surface area (Å²) in [4.78, 5) is 0. The normalized spacial score (nSPS) is 53.9. The van der Waals surface area contributed by atoms with Crippen LogP contribution in [0, 0.1) is 17.3 Å². The Balaban J connectivity index is 1.97. The smallest absolute Gasteiger partial charge is 0.0908 e. The van der Waals surface area contributed by atoms with Crippen molar-refractivity contribution in [3.8, 4) is 0 Å². The molecule has 2 fully saturated rings. The van der Waals surface area contributed by atoms with Crippen LogP contribution < -0.4 is 0 Å². The molecule has 96 valence electrons. The van der Waals surface area contributed by atoms with Crippen molar-refractivity contribution in [1.29, 1.82) is 0 Å². The van der Waals surface area contributed by atoms with Gasteiger partial charge in [-0.05, 0) is 43.9 Å². The fourth-order valence-corrected chi connectivity index (χ4v) is 4.12. The van der Waals surface area contributed by atoms with E-state index in [9.17, 15) is 5.11 Å². The van der Waals surface area contributed by atoms with Crippen LogP contribution in [0.25, 0.3) is 0 Å². The van der Waals surface area contributed by atoms with Crippen molar-refractivity contribution >= 4 is 0 Å². The first-order chi connectivity index (χ1) is 7.93. The van der Waals surface area contributed by atoms with Gasteiger partial charge in [-0.3, -0.25) is 0 Å². The van der Waals surface area contributed by atoms with Gasteiger partial charge in [-0.2, -0.15) is 0 Å². The number of hydrogen-bond donors (Lipinski definition) is 1. The highest BCUT2D eigenvalue weighted by atomic mass is 16.5. The molecule has 1 saturated carbocycles. The number of fused-ring (bicyclic) bond motifs is 2. The van der Waals surface area contributed by atoms with Crippen molar-refractivity contribution in [1.82, 2.24) is 0 Å². The highest BCUT2D eigenvalue weighted by Crippen LogP contribution is 2.55. The molecule has 1 saturated heterocycles. The summed E-state index contributed by atoms with van der Waals surface area (Å²) in [6.07, 6.45) is 7.47. The largest absolute Gasteiger partial charge is 0.387 e. The zero-order valence-electron chi connectivity index (χ0n) is 11.2. The molecule has 0 amide bonds. The van der Waals surface area contributed by atoms with Crippen LogP contribution in [0.1, 0.15) is 46.5 Å². The molecule has 0 spiro atoms. The Labute approximate surface area is 104 Å². The molecule has 1 N–H and O–H groups in total. The van der Waals surface area contributed by atoms with Crippen LogP contribution in [0.4, 0.5) is 0 Å². The minimum Gasteiger partial charge on any atom is -0.387 e. The summed E-state index contributed by atoms with van der Waals surface area (Å²) in [5.41, 5.74) is 1.26. The Kier molecular flexibility index (Phi) is 2.47. The minimum atomic E-state index is -0.632. The predicted octanol–water partition coefficient (Wildman–Crippen LogP) is 2.91. The molecular weight excluding hydrogens is 212 g/mol. The van der Waals surface area contributed by atoms with Crippen molar-refractivity contribution in [3.63, 3.8) is 0 Å². The maximum absolute atomic E-state index is 10.4. The zero-order chi connectivity index (χ0) is 12.3. The lowest BCUT2D eigenvalue weighted by molar-refractivity contribution is -0.00259. The second kappa shape index (κ2) is 3.58. The van der Waals surface area contributed by atoms with Gasteiger partial charge in [-0.1, -0.05) is 25.5 Å². The monoisotopic (exact) mass is 236 g/mol. The highest BCUT2D eigenvalue weighted by Gasteiger charge is 2.53. The molecule has 3 aliphatic rings. The predicted molar refractivity (Wildman–Crippen MR) is 67.7 cm³/mol. The number of aliphatic hydroxyl groups is 1. The van der Waals surface area contributed by atoms with Gasteiger partial charge in [0.1, 0.15) is 0 Å². The SMILES string of the molecule is C[C@@H]1CCCC2=C[C@@H]3OC[C@](C)(O)[C@H]3C[C@@]21C. The van der Waals surface area contributed by atoms with Crippen LogP contribution in [0.15, 0.2) is 11.6 Å². The van der Waals surface area contributed by atoms with Crippen LogP contribution in [-0.2, 0) is 4.74 Å². The second-order valence-corrected chi connectivity index (χ2v) is 6.85. The lowest BCUT2D eigenvalue weighted by atomic mass is 9.57. The van der Waals surface area contributed by atoms with Gasteiger partial charge in [0.05, 0.1) is 18.3 Å². The van der Waals surface area contributed by atoms with E-state index in [2.05, 4.69) is 19.9 Å². The van der Waals surface area contributed by atoms with Crippen molar-refractivity contribution in [2.24, 2.45) is 17.3 Å². The van der Waals surface area contributed by atoms with Crippen LogP contribution >= 0.6 is 0 Å². The first-order valence-corrected chi connectivity index (χ1v) is 6.99. The molecule has 0 aromatic carbocycles. The summed E-state index contributed by atoms with van der Waals surface area (Å²) in [6.45, 7) is 7.20. The molecule has 5 atom stereocenters. The molecule has 0 aromatic heterocycles. The van der Waals surface area contributed by atoms with Crippen LogP contribution in [-0.4, -0.2) is 23.4 Å². The van der Waals surface area contributed by atoms with E-state index in [1.54, 1.807) is 5.57 Å². The number of rotatable bonds is 0. The van der Waals surface area contributed by atoms with Gasteiger partial charge < -0.3 is 9.84 Å². The summed E-state index contributed by atoms with van der Waals surface area (Å²) < 4.78 is 5.77. The Bertz CT molecular complexity index is 358. The van der Waals surface area contributed by atoms with E-state index in [-0.39, 0.29) is 12.0 Å². The number of hydrogen-bond acceptors (Lipinski definition) is 2. The van der Waals surface area contributed by atoms with E-state index in [1.807, 2.05) is 6.92 Å². The molecular formula is C15H24O2. The van der Waals surface area contributed by atoms with Crippen molar-refractivity contribution in [3.05, 3.63) is 11.6 Å². The fraction of sp³-hybridized carbons (Fsp3) is 0.867. The average molecular weight is 236 g/mol. The Morgan fingerprint density at radius 2 is 2.18 bits per heavy atom. The second-order valence-electron chi connectivity index (χ2n) is 6.85. The van der Waals surface area contributed by atoms with Crippen molar-refractivity contribution in [2.45, 2.75) is 58.2 Å². The summed E-state index contributed by atoms with van der Waals surface area (Å²) in [5.74, 6) is 1.02. The third-order valence-electron chi connectivity index (χ3n) is 5.68. The Hall–Kier alpha value is -0.340. The van der Waals surface area contributed by atoms with E-state index in [4.69, 9.17) is 4.74 Å². The summed E-state index contributed by atoms with van der Waals surface area (Å²) in [7, 11) is 0. The van der Waals surface area contributed by atoms with Crippen LogP contribution in [0.3, 0.4) is 0 Å². The van der Waals surface area contributed by atoms with Gasteiger partial charge in [0.25, 0.3) is 0 Å². The molecule has 0 unspecified atom stereocenters. The van der Waals surface area contributed by atoms with Crippen LogP contribution in [0.2, 0.25) is 0 Å². The zero-order valence-corrected chi connectivity index (χ0v) is 11.2. The van der Waals surface area contributed by atoms with Gasteiger partial charge in [-0.15, -0.1) is 0 Å². The maximum atomic E-state index is 10.4. The van der Waals surface area contributed by atoms with Gasteiger partial charge in [0.15, 0.2) is 0 Å². The summed E-state index contributed by atoms with van der Waals surface area (Å²) in [5, 5.41) is 10.4. The highest BCUT2D eigenvalue weighted by molar-refractivity contribution is 5.26. The summed E-state index contributed by atoms with van der Waals surface area (Å²) in [6, 6.07) is 0. The van der Waals surface area contributed by atoms with E-state index in [0.717, 1.165) is 12.3 Å². The van der Waals surface area contributed by atoms with E-state index in [1.165, 1.54) is 19.3 Å². The molecule has 1 heterocycles. The standard InChI is InChI=1S/C15H24O2/c1-10-5-4-6-11-7-13-12(8-14(10,11)2)15(3,16)9-17-13/h7,10,12-13,16H,4-6,8-9H2,1-3H3/t10-,12+,13+,14-,15+/m1/s1. The molecule has 0 bridgehead atoms. The number of allylic oxidation sites excluding steroid dienone is 1. The van der Waals surface area contributed by atoms with E-state index >= 15 is 0 Å². The first-order valence-electron chi connectivity index (χ1n) is 6.99. The molecule has 1 aliphatic heterocycles. The molecule has 2 nitrogen and oxygen atoms in total. The third kappa shape index (κ3) is 1.61. The van der Waals surface area contributed by atoms with Gasteiger partial charge in [-0.25, -0.2) is 0 Å². The lowest BCUT2D eigenvalue weighted by Crippen LogP contribution is -2.45. The maximum Gasteiger partial charge on any atom is 0.0908 e. The molecule has 17 heavy (non-hydrogen) atoms. The molecule has 0 aromatic rings. The molecule has 2 aliphatic carbocycles. The third-order valence-corrected chi connectivity index (χ3v) is 5.68. The Morgan fingerprint density at radius 1 is 1.41 bits per heavy atom. The summed E-state index contributed by atoms with van der Waals surface area (Å²) >= 11 is 0. The first kappa shape index (κ1) is 11.7. The van der Waals surface area contributed by atoms with Gasteiger partial charge >= 0.3 is 0 Å². The Morgan fingerprint density at radius 3 is 2.94 bits per heavy atom. The van der Waals surface area contributed by atoms with Gasteiger partial charge in [0, 0.05) is 5.92 Å². The molecule has 2 heteroatoms. The van der Waals surface area contributed by atoms with E-state index < -0.39 is 5.60 Å². The fourth-order valence-electron chi connectivity index (χ4n) is 4.12. The number of ether oxygens (including phenoxy) is 1. The van der Waals surface area contributed by atoms with Gasteiger partial charge in [0.2, 0.25) is 0 Å². The minimum absolute atomic E-state index is 0.165. The molecule has 0 radical (unpaired) electrons. The van der Waals surface area contributed by atoms with Crippen molar-refractivity contribution < 1.29 is 9.84 Å². The van der Waals surface area contributed by atoms with E-state index in [0.29, 0.717) is 12.0 Å². The molecule has 3 rings (SSSR count). The topological polar surface area (TPSA) is 29.5 Å². The lowest BCUT2D eigenvalue weighted by Gasteiger charge is -2.49.